The van der Waals surface area contributed by atoms with Crippen molar-refractivity contribution < 1.29 is 18.7 Å². The summed E-state index contributed by atoms with van der Waals surface area (Å²) in [7, 11) is 0. The lowest BCUT2D eigenvalue weighted by molar-refractivity contribution is 0.0525. The number of ether oxygens (including phenoxy) is 2. The van der Waals surface area contributed by atoms with Gasteiger partial charge in [0.1, 0.15) is 5.75 Å². The third-order valence-electron chi connectivity index (χ3n) is 5.89. The molecule has 4 nitrogen and oxygen atoms in total. The van der Waals surface area contributed by atoms with Gasteiger partial charge in [0.15, 0.2) is 5.82 Å². The molecule has 0 spiro atoms. The zero-order chi connectivity index (χ0) is 18.8. The molecular formula is C22H24FNO3. The summed E-state index contributed by atoms with van der Waals surface area (Å²) in [5.74, 6) is 1.44. The van der Waals surface area contributed by atoms with Crippen LogP contribution in [0.25, 0.3) is 0 Å². The molecule has 1 aromatic carbocycles. The summed E-state index contributed by atoms with van der Waals surface area (Å²) in [5.41, 5.74) is 1.42. The largest absolute Gasteiger partial charge is 0.462 e. The van der Waals surface area contributed by atoms with Crippen molar-refractivity contribution in [3.63, 3.8) is 0 Å². The van der Waals surface area contributed by atoms with E-state index in [4.69, 9.17) is 9.47 Å². The van der Waals surface area contributed by atoms with Crippen molar-refractivity contribution in [1.29, 1.82) is 0 Å². The van der Waals surface area contributed by atoms with E-state index in [0.717, 1.165) is 17.9 Å². The highest BCUT2D eigenvalue weighted by Crippen LogP contribution is 2.49. The maximum atomic E-state index is 14.2. The van der Waals surface area contributed by atoms with Gasteiger partial charge < -0.3 is 9.47 Å². The fourth-order valence-corrected chi connectivity index (χ4v) is 4.51. The van der Waals surface area contributed by atoms with Crippen LogP contribution in [-0.2, 0) is 4.74 Å². The van der Waals surface area contributed by atoms with E-state index in [2.05, 4.69) is 17.1 Å². The van der Waals surface area contributed by atoms with Gasteiger partial charge in [0.05, 0.1) is 12.2 Å². The highest BCUT2D eigenvalue weighted by molar-refractivity contribution is 5.89. The van der Waals surface area contributed by atoms with E-state index >= 15 is 0 Å². The second-order valence-corrected chi connectivity index (χ2v) is 7.53. The average Bonchev–Trinajstić information content (AvgIpc) is 2.71. The highest BCUT2D eigenvalue weighted by Gasteiger charge is 2.36. The van der Waals surface area contributed by atoms with E-state index in [1.54, 1.807) is 6.92 Å². The van der Waals surface area contributed by atoms with Gasteiger partial charge in [-0.2, -0.15) is 0 Å². The van der Waals surface area contributed by atoms with Gasteiger partial charge in [-0.25, -0.2) is 14.2 Å². The van der Waals surface area contributed by atoms with E-state index in [0.29, 0.717) is 11.7 Å². The topological polar surface area (TPSA) is 48.4 Å². The molecule has 0 aliphatic heterocycles. The molecule has 2 bridgehead atoms. The maximum absolute atomic E-state index is 14.2. The zero-order valence-corrected chi connectivity index (χ0v) is 15.5. The molecule has 1 heterocycles. The summed E-state index contributed by atoms with van der Waals surface area (Å²) in [4.78, 5) is 15.6. The van der Waals surface area contributed by atoms with Gasteiger partial charge in [-0.3, -0.25) is 0 Å². The normalized spacial score (nSPS) is 23.9. The second kappa shape index (κ2) is 7.67. The van der Waals surface area contributed by atoms with Gasteiger partial charge in [-0.1, -0.05) is 25.0 Å². The minimum Gasteiger partial charge on any atom is -0.462 e. The number of aromatic nitrogens is 1. The van der Waals surface area contributed by atoms with Crippen LogP contribution in [-0.4, -0.2) is 17.6 Å². The van der Waals surface area contributed by atoms with Crippen molar-refractivity contribution in [3.8, 4) is 11.6 Å². The van der Waals surface area contributed by atoms with Crippen LogP contribution in [0.15, 0.2) is 36.5 Å². The molecule has 3 aliphatic rings. The Morgan fingerprint density at radius 1 is 1.19 bits per heavy atom. The lowest BCUT2D eigenvalue weighted by atomic mass is 9.63. The quantitative estimate of drug-likeness (QED) is 0.655. The molecule has 142 valence electrons. The van der Waals surface area contributed by atoms with Crippen LogP contribution in [0.3, 0.4) is 0 Å². The number of halogens is 1. The van der Waals surface area contributed by atoms with Crippen LogP contribution in [0.1, 0.15) is 60.9 Å². The molecule has 0 N–H and O–H groups in total. The molecule has 1 atom stereocenters. The summed E-state index contributed by atoms with van der Waals surface area (Å²) in [5, 5.41) is 0. The smallest absolute Gasteiger partial charge is 0.339 e. The molecule has 27 heavy (non-hydrogen) atoms. The van der Waals surface area contributed by atoms with Crippen molar-refractivity contribution >= 4 is 5.97 Å². The second-order valence-electron chi connectivity index (χ2n) is 7.53. The zero-order valence-electron chi connectivity index (χ0n) is 15.5. The third kappa shape index (κ3) is 3.82. The standard InChI is InChI=1S/C22H24FNO3/c1-2-26-22(25)17-12-20(23)21(24-13-17)27-18-9-7-16(8-10-18)19-11-14-3-5-15(19)6-4-14/h7-10,12-15,19H,2-6,11H2,1H3. The molecule has 3 fully saturated rings. The fraction of sp³-hybridized carbons (Fsp3) is 0.455. The van der Waals surface area contributed by atoms with Crippen molar-refractivity contribution in [2.45, 2.75) is 44.9 Å². The predicted molar refractivity (Wildman–Crippen MR) is 99.5 cm³/mol. The van der Waals surface area contributed by atoms with Crippen LogP contribution < -0.4 is 4.74 Å². The monoisotopic (exact) mass is 369 g/mol. The Labute approximate surface area is 158 Å². The number of esters is 1. The van der Waals surface area contributed by atoms with Crippen molar-refractivity contribution in [2.24, 2.45) is 11.8 Å². The minimum absolute atomic E-state index is 0.0735. The molecule has 0 radical (unpaired) electrons. The number of rotatable bonds is 5. The Balaban J connectivity index is 1.45. The van der Waals surface area contributed by atoms with Crippen LogP contribution in [0.4, 0.5) is 4.39 Å². The van der Waals surface area contributed by atoms with Crippen LogP contribution >= 0.6 is 0 Å². The van der Waals surface area contributed by atoms with Gasteiger partial charge in [-0.15, -0.1) is 0 Å². The molecule has 3 aliphatic carbocycles. The molecule has 5 heteroatoms. The Bertz CT molecular complexity index is 813. The number of pyridine rings is 1. The fourth-order valence-electron chi connectivity index (χ4n) is 4.51. The number of benzene rings is 1. The lowest BCUT2D eigenvalue weighted by Crippen LogP contribution is -2.29. The number of carbonyl (C=O) groups excluding carboxylic acids is 1. The van der Waals surface area contributed by atoms with Crippen LogP contribution in [0, 0.1) is 17.7 Å². The number of fused-ring (bicyclic) bond motifs is 3. The Kier molecular flexibility index (Phi) is 5.10. The third-order valence-corrected chi connectivity index (χ3v) is 5.89. The van der Waals surface area contributed by atoms with Crippen LogP contribution in [0.2, 0.25) is 0 Å². The average molecular weight is 369 g/mol. The lowest BCUT2D eigenvalue weighted by Gasteiger charge is -2.42. The van der Waals surface area contributed by atoms with Crippen molar-refractivity contribution in [3.05, 3.63) is 53.5 Å². The van der Waals surface area contributed by atoms with Gasteiger partial charge in [-0.05, 0) is 67.7 Å². The molecular weight excluding hydrogens is 345 g/mol. The maximum Gasteiger partial charge on any atom is 0.339 e. The first kappa shape index (κ1) is 18.0. The summed E-state index contributed by atoms with van der Waals surface area (Å²) in [6.45, 7) is 1.93. The molecule has 5 rings (SSSR count). The molecule has 1 unspecified atom stereocenters. The summed E-state index contributed by atoms with van der Waals surface area (Å²) in [6, 6.07) is 9.01. The van der Waals surface area contributed by atoms with E-state index in [-0.39, 0.29) is 18.1 Å². The SMILES string of the molecule is CCOC(=O)c1cnc(Oc2ccc(C3CC4CCC3CC4)cc2)c(F)c1. The summed E-state index contributed by atoms with van der Waals surface area (Å²) < 4.78 is 24.6. The first-order chi connectivity index (χ1) is 13.1. The van der Waals surface area contributed by atoms with E-state index in [1.165, 1.54) is 43.9 Å². The van der Waals surface area contributed by atoms with E-state index in [1.807, 2.05) is 12.1 Å². The Morgan fingerprint density at radius 2 is 1.93 bits per heavy atom. The van der Waals surface area contributed by atoms with E-state index in [9.17, 15) is 9.18 Å². The molecule has 3 saturated carbocycles. The first-order valence-corrected chi connectivity index (χ1v) is 9.74. The molecule has 1 aromatic heterocycles. The van der Waals surface area contributed by atoms with Crippen molar-refractivity contribution in [2.75, 3.05) is 6.61 Å². The number of nitrogens with zero attached hydrogens (tertiary/aromatic N) is 1. The summed E-state index contributed by atoms with van der Waals surface area (Å²) in [6.07, 6.45) is 8.01. The van der Waals surface area contributed by atoms with Gasteiger partial charge in [0.2, 0.25) is 0 Å². The molecule has 2 aromatic rings. The van der Waals surface area contributed by atoms with Gasteiger partial charge >= 0.3 is 5.97 Å². The number of carbonyl (C=O) groups is 1. The minimum atomic E-state index is -0.686. The predicted octanol–water partition coefficient (Wildman–Crippen LogP) is 5.48. The Morgan fingerprint density at radius 3 is 2.52 bits per heavy atom. The molecule has 0 amide bonds. The van der Waals surface area contributed by atoms with Crippen molar-refractivity contribution in [1.82, 2.24) is 4.98 Å². The Hall–Kier alpha value is -2.43. The van der Waals surface area contributed by atoms with Crippen LogP contribution in [0.5, 0.6) is 11.6 Å². The number of hydrogen-bond donors (Lipinski definition) is 0. The van der Waals surface area contributed by atoms with E-state index < -0.39 is 11.8 Å². The van der Waals surface area contributed by atoms with Gasteiger partial charge in [0, 0.05) is 6.20 Å². The molecule has 0 saturated heterocycles. The first-order valence-electron chi connectivity index (χ1n) is 9.74. The number of hydrogen-bond acceptors (Lipinski definition) is 4. The highest BCUT2D eigenvalue weighted by atomic mass is 19.1. The summed E-state index contributed by atoms with van der Waals surface area (Å²) >= 11 is 0. The van der Waals surface area contributed by atoms with Gasteiger partial charge in [0.25, 0.3) is 5.88 Å².